The van der Waals surface area contributed by atoms with Crippen LogP contribution in [0.3, 0.4) is 0 Å². The van der Waals surface area contributed by atoms with Gasteiger partial charge in [-0.3, -0.25) is 4.79 Å². The van der Waals surface area contributed by atoms with Gasteiger partial charge in [0.25, 0.3) is 0 Å². The van der Waals surface area contributed by atoms with Gasteiger partial charge in [0.15, 0.2) is 11.5 Å². The molecule has 0 radical (unpaired) electrons. The lowest BCUT2D eigenvalue weighted by molar-refractivity contribution is -0.137. The van der Waals surface area contributed by atoms with Gasteiger partial charge in [-0.15, -0.1) is 0 Å². The van der Waals surface area contributed by atoms with Crippen molar-refractivity contribution in [1.82, 2.24) is 0 Å². The molecule has 1 aromatic rings. The van der Waals surface area contributed by atoms with Crippen molar-refractivity contribution in [2.75, 3.05) is 14.2 Å². The fourth-order valence-corrected chi connectivity index (χ4v) is 1.72. The van der Waals surface area contributed by atoms with Crippen molar-refractivity contribution >= 4 is 5.97 Å². The number of rotatable bonds is 6. The quantitative estimate of drug-likeness (QED) is 0.827. The molecule has 1 aromatic carbocycles. The summed E-state index contributed by atoms with van der Waals surface area (Å²) in [5.41, 5.74) is 2.19. The van der Waals surface area contributed by atoms with Gasteiger partial charge in [0.2, 0.25) is 0 Å². The van der Waals surface area contributed by atoms with Gasteiger partial charge in [-0.1, -0.05) is 0 Å². The molecule has 0 aromatic heterocycles. The molecule has 1 N–H and O–H groups in total. The average molecular weight is 238 g/mol. The topological polar surface area (TPSA) is 55.8 Å². The van der Waals surface area contributed by atoms with Crippen LogP contribution in [0, 0.1) is 6.92 Å². The molecule has 0 aliphatic rings. The number of aryl methyl sites for hydroxylation is 2. The molecule has 0 atom stereocenters. The minimum absolute atomic E-state index is 0.188. The lowest BCUT2D eigenvalue weighted by atomic mass is 10.0. The van der Waals surface area contributed by atoms with Crippen LogP contribution in [-0.2, 0) is 11.2 Å². The van der Waals surface area contributed by atoms with Crippen molar-refractivity contribution < 1.29 is 19.4 Å². The van der Waals surface area contributed by atoms with Crippen molar-refractivity contribution in [3.63, 3.8) is 0 Å². The van der Waals surface area contributed by atoms with Gasteiger partial charge in [-0.25, -0.2) is 0 Å². The Balaban J connectivity index is 2.81. The molecule has 0 heterocycles. The first-order chi connectivity index (χ1) is 8.08. The predicted molar refractivity (Wildman–Crippen MR) is 64.9 cm³/mol. The van der Waals surface area contributed by atoms with E-state index in [1.54, 1.807) is 14.2 Å². The van der Waals surface area contributed by atoms with Gasteiger partial charge in [0.1, 0.15) is 0 Å². The Morgan fingerprint density at radius 1 is 1.24 bits per heavy atom. The summed E-state index contributed by atoms with van der Waals surface area (Å²) in [6.45, 7) is 1.98. The number of hydrogen-bond donors (Lipinski definition) is 1. The second-order valence-corrected chi connectivity index (χ2v) is 3.88. The molecule has 0 fully saturated rings. The van der Waals surface area contributed by atoms with E-state index in [2.05, 4.69) is 0 Å². The maximum Gasteiger partial charge on any atom is 0.303 e. The smallest absolute Gasteiger partial charge is 0.303 e. The van der Waals surface area contributed by atoms with E-state index in [1.807, 2.05) is 19.1 Å². The number of carboxylic acid groups (broad SMARTS) is 1. The SMILES string of the molecule is COc1cc(C)c(CCCC(=O)O)cc1OC. The van der Waals surface area contributed by atoms with E-state index in [0.717, 1.165) is 17.5 Å². The van der Waals surface area contributed by atoms with Crippen LogP contribution in [0.4, 0.5) is 0 Å². The van der Waals surface area contributed by atoms with Crippen molar-refractivity contribution in [2.45, 2.75) is 26.2 Å². The maximum absolute atomic E-state index is 10.5. The summed E-state index contributed by atoms with van der Waals surface area (Å²) in [5.74, 6) is 0.624. The minimum Gasteiger partial charge on any atom is -0.493 e. The summed E-state index contributed by atoms with van der Waals surface area (Å²) >= 11 is 0. The Morgan fingerprint density at radius 2 is 1.82 bits per heavy atom. The molecule has 0 aliphatic carbocycles. The van der Waals surface area contributed by atoms with Crippen LogP contribution >= 0.6 is 0 Å². The highest BCUT2D eigenvalue weighted by Gasteiger charge is 2.08. The zero-order chi connectivity index (χ0) is 12.8. The van der Waals surface area contributed by atoms with Gasteiger partial charge in [-0.05, 0) is 43.0 Å². The molecule has 17 heavy (non-hydrogen) atoms. The highest BCUT2D eigenvalue weighted by atomic mass is 16.5. The summed E-state index contributed by atoms with van der Waals surface area (Å²) in [6.07, 6.45) is 1.55. The fraction of sp³-hybridized carbons (Fsp3) is 0.462. The van der Waals surface area contributed by atoms with Gasteiger partial charge in [-0.2, -0.15) is 0 Å². The Hall–Kier alpha value is -1.71. The summed E-state index contributed by atoms with van der Waals surface area (Å²) in [6, 6.07) is 3.82. The van der Waals surface area contributed by atoms with Crippen LogP contribution in [-0.4, -0.2) is 25.3 Å². The molecule has 0 amide bonds. The zero-order valence-corrected chi connectivity index (χ0v) is 10.4. The van der Waals surface area contributed by atoms with E-state index < -0.39 is 5.97 Å². The van der Waals surface area contributed by atoms with E-state index in [1.165, 1.54) is 0 Å². The number of ether oxygens (including phenoxy) is 2. The first kappa shape index (κ1) is 13.4. The molecule has 94 valence electrons. The molecule has 0 spiro atoms. The van der Waals surface area contributed by atoms with Gasteiger partial charge in [0, 0.05) is 6.42 Å². The third kappa shape index (κ3) is 3.66. The van der Waals surface area contributed by atoms with Crippen molar-refractivity contribution in [3.05, 3.63) is 23.3 Å². The highest BCUT2D eigenvalue weighted by molar-refractivity contribution is 5.66. The standard InChI is InChI=1S/C13H18O4/c1-9-7-11(16-2)12(17-3)8-10(9)5-4-6-13(14)15/h7-8H,4-6H2,1-3H3,(H,14,15). The predicted octanol–water partition coefficient (Wildman–Crippen LogP) is 2.42. The number of benzene rings is 1. The normalized spacial score (nSPS) is 10.1. The van der Waals surface area contributed by atoms with Crippen LogP contribution < -0.4 is 9.47 Å². The van der Waals surface area contributed by atoms with Gasteiger partial charge in [0.05, 0.1) is 14.2 Å². The lowest BCUT2D eigenvalue weighted by Gasteiger charge is -2.12. The maximum atomic E-state index is 10.5. The average Bonchev–Trinajstić information content (AvgIpc) is 2.30. The Bertz CT molecular complexity index is 399. The summed E-state index contributed by atoms with van der Waals surface area (Å²) < 4.78 is 10.4. The molecule has 0 unspecified atom stereocenters. The minimum atomic E-state index is -0.761. The molecular formula is C13H18O4. The monoisotopic (exact) mass is 238 g/mol. The van der Waals surface area contributed by atoms with E-state index in [-0.39, 0.29) is 6.42 Å². The Labute approximate surface area is 101 Å². The first-order valence-corrected chi connectivity index (χ1v) is 5.51. The second kappa shape index (κ2) is 6.13. The number of methoxy groups -OCH3 is 2. The van der Waals surface area contributed by atoms with Crippen LogP contribution in [0.5, 0.6) is 11.5 Å². The van der Waals surface area contributed by atoms with Crippen LogP contribution in [0.1, 0.15) is 24.0 Å². The van der Waals surface area contributed by atoms with Crippen LogP contribution in [0.2, 0.25) is 0 Å². The van der Waals surface area contributed by atoms with Gasteiger partial charge < -0.3 is 14.6 Å². The molecular weight excluding hydrogens is 220 g/mol. The summed E-state index contributed by atoms with van der Waals surface area (Å²) in [7, 11) is 3.19. The molecule has 4 nitrogen and oxygen atoms in total. The molecule has 0 saturated carbocycles. The number of carboxylic acids is 1. The van der Waals surface area contributed by atoms with Crippen molar-refractivity contribution in [1.29, 1.82) is 0 Å². The van der Waals surface area contributed by atoms with E-state index in [4.69, 9.17) is 14.6 Å². The number of carbonyl (C=O) groups is 1. The third-order valence-electron chi connectivity index (χ3n) is 2.68. The zero-order valence-electron chi connectivity index (χ0n) is 10.4. The van der Waals surface area contributed by atoms with Gasteiger partial charge >= 0.3 is 5.97 Å². The summed E-state index contributed by atoms with van der Waals surface area (Å²) in [5, 5.41) is 8.60. The molecule has 4 heteroatoms. The Morgan fingerprint density at radius 3 is 2.35 bits per heavy atom. The van der Waals surface area contributed by atoms with Crippen LogP contribution in [0.25, 0.3) is 0 Å². The highest BCUT2D eigenvalue weighted by Crippen LogP contribution is 2.30. The fourth-order valence-electron chi connectivity index (χ4n) is 1.72. The van der Waals surface area contributed by atoms with Crippen molar-refractivity contribution in [3.8, 4) is 11.5 Å². The van der Waals surface area contributed by atoms with Crippen molar-refractivity contribution in [2.24, 2.45) is 0 Å². The molecule has 1 rings (SSSR count). The molecule has 0 aliphatic heterocycles. The molecule has 0 saturated heterocycles. The molecule has 0 bridgehead atoms. The third-order valence-corrected chi connectivity index (χ3v) is 2.68. The largest absolute Gasteiger partial charge is 0.493 e. The van der Waals surface area contributed by atoms with E-state index in [9.17, 15) is 4.79 Å². The van der Waals surface area contributed by atoms with E-state index >= 15 is 0 Å². The van der Waals surface area contributed by atoms with Crippen LogP contribution in [0.15, 0.2) is 12.1 Å². The Kier molecular flexibility index (Phi) is 4.82. The van der Waals surface area contributed by atoms with E-state index in [0.29, 0.717) is 17.9 Å². The number of aliphatic carboxylic acids is 1. The lowest BCUT2D eigenvalue weighted by Crippen LogP contribution is -1.99. The summed E-state index contributed by atoms with van der Waals surface area (Å²) in [4.78, 5) is 10.5. The second-order valence-electron chi connectivity index (χ2n) is 3.88. The number of hydrogen-bond acceptors (Lipinski definition) is 3. The first-order valence-electron chi connectivity index (χ1n) is 5.51.